The van der Waals surface area contributed by atoms with Gasteiger partial charge in [0.15, 0.2) is 0 Å². The number of halogens is 1. The van der Waals surface area contributed by atoms with Crippen LogP contribution in [-0.4, -0.2) is 37.0 Å². The first-order valence-corrected chi connectivity index (χ1v) is 5.53. The smallest absolute Gasteiger partial charge is 0.0801 e. The Morgan fingerprint density at radius 1 is 1.57 bits per heavy atom. The summed E-state index contributed by atoms with van der Waals surface area (Å²) in [4.78, 5) is 0. The molecule has 14 heavy (non-hydrogen) atoms. The molecule has 0 spiro atoms. The number of rotatable bonds is 1. The highest BCUT2D eigenvalue weighted by atomic mass is 35.5. The van der Waals surface area contributed by atoms with E-state index in [1.807, 2.05) is 6.08 Å². The molecule has 4 heteroatoms. The van der Waals surface area contributed by atoms with Gasteiger partial charge in [-0.1, -0.05) is 17.7 Å². The standard InChI is InChI=1S/C10H16ClNO2/c11-7-2-1-3-8(13)10(7)9-6-12-4-5-14-9/h2,8-10,12-13H,1,3-6H2/t8-,9-,10+/m0/s1. The molecule has 2 rings (SSSR count). The largest absolute Gasteiger partial charge is 0.392 e. The summed E-state index contributed by atoms with van der Waals surface area (Å²) in [6.07, 6.45) is 3.34. The van der Waals surface area contributed by atoms with Crippen molar-refractivity contribution in [3.63, 3.8) is 0 Å². The fourth-order valence-corrected chi connectivity index (χ4v) is 2.53. The summed E-state index contributed by atoms with van der Waals surface area (Å²) < 4.78 is 5.61. The Balaban J connectivity index is 2.05. The molecule has 0 saturated carbocycles. The second-order valence-electron chi connectivity index (χ2n) is 3.87. The van der Waals surface area contributed by atoms with Crippen LogP contribution in [-0.2, 0) is 4.74 Å². The van der Waals surface area contributed by atoms with Crippen LogP contribution in [0.2, 0.25) is 0 Å². The zero-order valence-corrected chi connectivity index (χ0v) is 8.83. The van der Waals surface area contributed by atoms with Crippen molar-refractivity contribution < 1.29 is 9.84 Å². The highest BCUT2D eigenvalue weighted by molar-refractivity contribution is 6.30. The molecule has 1 heterocycles. The van der Waals surface area contributed by atoms with Crippen molar-refractivity contribution in [2.75, 3.05) is 19.7 Å². The molecule has 1 aliphatic carbocycles. The molecule has 2 aliphatic rings. The Labute approximate surface area is 89.1 Å². The van der Waals surface area contributed by atoms with E-state index in [2.05, 4.69) is 5.32 Å². The minimum Gasteiger partial charge on any atom is -0.392 e. The van der Waals surface area contributed by atoms with Crippen molar-refractivity contribution in [1.82, 2.24) is 5.32 Å². The van der Waals surface area contributed by atoms with Gasteiger partial charge >= 0.3 is 0 Å². The molecule has 3 nitrogen and oxygen atoms in total. The van der Waals surface area contributed by atoms with Crippen molar-refractivity contribution in [2.24, 2.45) is 5.92 Å². The summed E-state index contributed by atoms with van der Waals surface area (Å²) in [6.45, 7) is 2.38. The number of ether oxygens (including phenoxy) is 1. The molecule has 0 aromatic rings. The maximum atomic E-state index is 9.86. The Bertz CT molecular complexity index is 226. The molecule has 0 aromatic heterocycles. The molecule has 2 N–H and O–H groups in total. The lowest BCUT2D eigenvalue weighted by Gasteiger charge is -2.35. The molecule has 0 radical (unpaired) electrons. The van der Waals surface area contributed by atoms with Crippen molar-refractivity contribution in [3.05, 3.63) is 11.1 Å². The van der Waals surface area contributed by atoms with E-state index in [4.69, 9.17) is 16.3 Å². The molecule has 1 saturated heterocycles. The number of hydrogen-bond donors (Lipinski definition) is 2. The fraction of sp³-hybridized carbons (Fsp3) is 0.800. The molecule has 1 aliphatic heterocycles. The van der Waals surface area contributed by atoms with Crippen LogP contribution < -0.4 is 5.32 Å². The first kappa shape index (κ1) is 10.4. The van der Waals surface area contributed by atoms with Gasteiger partial charge in [0.05, 0.1) is 18.8 Å². The zero-order valence-electron chi connectivity index (χ0n) is 8.08. The minimum atomic E-state index is -0.350. The molecule has 0 amide bonds. The van der Waals surface area contributed by atoms with Gasteiger partial charge in [-0.3, -0.25) is 0 Å². The first-order valence-electron chi connectivity index (χ1n) is 5.15. The fourth-order valence-electron chi connectivity index (χ4n) is 2.13. The van der Waals surface area contributed by atoms with E-state index in [0.717, 1.165) is 31.0 Å². The lowest BCUT2D eigenvalue weighted by molar-refractivity contribution is -0.0397. The van der Waals surface area contributed by atoms with Crippen LogP contribution in [0.15, 0.2) is 11.1 Å². The molecule has 80 valence electrons. The molecular formula is C10H16ClNO2. The molecule has 0 bridgehead atoms. The minimum absolute atomic E-state index is 0.0294. The van der Waals surface area contributed by atoms with Crippen LogP contribution in [0.25, 0.3) is 0 Å². The van der Waals surface area contributed by atoms with Crippen molar-refractivity contribution in [2.45, 2.75) is 25.0 Å². The van der Waals surface area contributed by atoms with E-state index in [0.29, 0.717) is 6.61 Å². The number of aliphatic hydroxyl groups excluding tert-OH is 1. The van der Waals surface area contributed by atoms with Gasteiger partial charge in [0, 0.05) is 24.0 Å². The Morgan fingerprint density at radius 3 is 3.07 bits per heavy atom. The zero-order chi connectivity index (χ0) is 9.97. The second-order valence-corrected chi connectivity index (χ2v) is 4.31. The Kier molecular flexibility index (Phi) is 3.44. The third-order valence-electron chi connectivity index (χ3n) is 2.89. The molecule has 0 unspecified atom stereocenters. The monoisotopic (exact) mass is 217 g/mol. The lowest BCUT2D eigenvalue weighted by atomic mass is 9.87. The van der Waals surface area contributed by atoms with Crippen LogP contribution >= 0.6 is 11.6 Å². The van der Waals surface area contributed by atoms with E-state index in [1.54, 1.807) is 0 Å². The van der Waals surface area contributed by atoms with E-state index < -0.39 is 0 Å². The maximum absolute atomic E-state index is 9.86. The highest BCUT2D eigenvalue weighted by Gasteiger charge is 2.34. The highest BCUT2D eigenvalue weighted by Crippen LogP contribution is 2.32. The average Bonchev–Trinajstić information content (AvgIpc) is 2.19. The van der Waals surface area contributed by atoms with Crippen LogP contribution in [0.1, 0.15) is 12.8 Å². The summed E-state index contributed by atoms with van der Waals surface area (Å²) in [5.74, 6) is -0.0294. The quantitative estimate of drug-likeness (QED) is 0.685. The van der Waals surface area contributed by atoms with E-state index in [-0.39, 0.29) is 18.1 Å². The van der Waals surface area contributed by atoms with Crippen LogP contribution in [0, 0.1) is 5.92 Å². The van der Waals surface area contributed by atoms with E-state index in [9.17, 15) is 5.11 Å². The predicted octanol–water partition coefficient (Wildman–Crippen LogP) is 0.868. The van der Waals surface area contributed by atoms with Gasteiger partial charge in [-0.25, -0.2) is 0 Å². The number of hydrogen-bond acceptors (Lipinski definition) is 3. The Hall–Kier alpha value is -0.0900. The van der Waals surface area contributed by atoms with E-state index in [1.165, 1.54) is 0 Å². The number of aliphatic hydroxyl groups is 1. The molecule has 1 fully saturated rings. The Morgan fingerprint density at radius 2 is 2.43 bits per heavy atom. The summed E-state index contributed by atoms with van der Waals surface area (Å²) in [6, 6.07) is 0. The predicted molar refractivity (Wildman–Crippen MR) is 55.3 cm³/mol. The van der Waals surface area contributed by atoms with Gasteiger partial charge in [-0.05, 0) is 12.8 Å². The summed E-state index contributed by atoms with van der Waals surface area (Å²) in [7, 11) is 0. The van der Waals surface area contributed by atoms with Crippen LogP contribution in [0.4, 0.5) is 0 Å². The van der Waals surface area contributed by atoms with Gasteiger partial charge < -0.3 is 15.2 Å². The van der Waals surface area contributed by atoms with E-state index >= 15 is 0 Å². The van der Waals surface area contributed by atoms with Crippen molar-refractivity contribution in [3.8, 4) is 0 Å². The number of allylic oxidation sites excluding steroid dienone is 1. The SMILES string of the molecule is O[C@H]1CCC=C(Cl)[C@H]1[C@@H]1CNCCO1. The molecule has 0 aromatic carbocycles. The first-order chi connectivity index (χ1) is 6.79. The number of nitrogens with one attached hydrogen (secondary N) is 1. The maximum Gasteiger partial charge on any atom is 0.0801 e. The number of morpholine rings is 1. The van der Waals surface area contributed by atoms with Gasteiger partial charge in [0.1, 0.15) is 0 Å². The third kappa shape index (κ3) is 2.11. The second kappa shape index (κ2) is 4.62. The lowest BCUT2D eigenvalue weighted by Crippen LogP contribution is -2.47. The van der Waals surface area contributed by atoms with Gasteiger partial charge in [0.2, 0.25) is 0 Å². The topological polar surface area (TPSA) is 41.5 Å². The van der Waals surface area contributed by atoms with Crippen molar-refractivity contribution in [1.29, 1.82) is 0 Å². The van der Waals surface area contributed by atoms with Crippen LogP contribution in [0.3, 0.4) is 0 Å². The summed E-state index contributed by atoms with van der Waals surface area (Å²) in [5.41, 5.74) is 0. The summed E-state index contributed by atoms with van der Waals surface area (Å²) >= 11 is 6.10. The normalized spacial score (nSPS) is 39.3. The molecular weight excluding hydrogens is 202 g/mol. The summed E-state index contributed by atoms with van der Waals surface area (Å²) in [5, 5.41) is 13.9. The van der Waals surface area contributed by atoms with Gasteiger partial charge in [-0.2, -0.15) is 0 Å². The van der Waals surface area contributed by atoms with Gasteiger partial charge in [0.25, 0.3) is 0 Å². The third-order valence-corrected chi connectivity index (χ3v) is 3.30. The average molecular weight is 218 g/mol. The van der Waals surface area contributed by atoms with Gasteiger partial charge in [-0.15, -0.1) is 0 Å². The molecule has 3 atom stereocenters. The van der Waals surface area contributed by atoms with Crippen molar-refractivity contribution >= 4 is 11.6 Å². The van der Waals surface area contributed by atoms with Crippen LogP contribution in [0.5, 0.6) is 0 Å².